The van der Waals surface area contributed by atoms with Gasteiger partial charge in [-0.25, -0.2) is 4.98 Å². The van der Waals surface area contributed by atoms with Gasteiger partial charge in [-0.15, -0.1) is 0 Å². The van der Waals surface area contributed by atoms with Crippen LogP contribution in [-0.2, 0) is 6.54 Å². The lowest BCUT2D eigenvalue weighted by atomic mass is 10.2. The van der Waals surface area contributed by atoms with Crippen molar-refractivity contribution in [3.05, 3.63) is 48.2 Å². The Labute approximate surface area is 126 Å². The maximum atomic E-state index is 5.82. The molecule has 2 aromatic rings. The van der Waals surface area contributed by atoms with Gasteiger partial charge in [-0.05, 0) is 32.0 Å². The normalized spacial score (nSPS) is 10.5. The zero-order valence-corrected chi connectivity index (χ0v) is 13.1. The van der Waals surface area contributed by atoms with Crippen LogP contribution in [0.3, 0.4) is 0 Å². The Balaban J connectivity index is 2.02. The van der Waals surface area contributed by atoms with Crippen molar-refractivity contribution in [2.24, 2.45) is 0 Å². The van der Waals surface area contributed by atoms with E-state index in [1.807, 2.05) is 69.4 Å². The van der Waals surface area contributed by atoms with Crippen molar-refractivity contribution in [3.63, 3.8) is 0 Å². The van der Waals surface area contributed by atoms with Gasteiger partial charge in [-0.1, -0.05) is 18.2 Å². The van der Waals surface area contributed by atoms with Crippen LogP contribution in [0.2, 0.25) is 0 Å². The second-order valence-corrected chi connectivity index (χ2v) is 5.43. The number of hydrogen-bond donors (Lipinski definition) is 1. The van der Waals surface area contributed by atoms with Crippen LogP contribution in [0.15, 0.2) is 42.6 Å². The van der Waals surface area contributed by atoms with Gasteiger partial charge in [0.2, 0.25) is 0 Å². The molecular weight excluding hydrogens is 262 g/mol. The van der Waals surface area contributed by atoms with Gasteiger partial charge < -0.3 is 15.0 Å². The lowest BCUT2D eigenvalue weighted by Gasteiger charge is -2.15. The minimum absolute atomic E-state index is 0.173. The molecule has 1 aromatic carbocycles. The summed E-state index contributed by atoms with van der Waals surface area (Å²) in [7, 11) is 3.96. The minimum atomic E-state index is 0.173. The summed E-state index contributed by atoms with van der Waals surface area (Å²) in [5, 5.41) is 3.38. The molecule has 4 nitrogen and oxygen atoms in total. The van der Waals surface area contributed by atoms with Crippen molar-refractivity contribution in [2.45, 2.75) is 26.5 Å². The van der Waals surface area contributed by atoms with Crippen LogP contribution in [0.4, 0.5) is 11.5 Å². The van der Waals surface area contributed by atoms with Gasteiger partial charge >= 0.3 is 0 Å². The molecule has 1 heterocycles. The number of anilines is 2. The first-order valence-electron chi connectivity index (χ1n) is 7.18. The molecule has 0 fully saturated rings. The molecule has 0 atom stereocenters. The molecule has 0 saturated heterocycles. The Bertz CT molecular complexity index is 565. The van der Waals surface area contributed by atoms with Gasteiger partial charge in [0.1, 0.15) is 11.6 Å². The SMILES string of the molecule is CC(C)Oc1ccccc1CNc1ccc(N(C)C)nc1. The molecular formula is C17H23N3O. The van der Waals surface area contributed by atoms with Crippen LogP contribution in [0.25, 0.3) is 0 Å². The van der Waals surface area contributed by atoms with Gasteiger partial charge in [0.25, 0.3) is 0 Å². The number of rotatable bonds is 6. The van der Waals surface area contributed by atoms with Crippen molar-refractivity contribution in [2.75, 3.05) is 24.3 Å². The number of aromatic nitrogens is 1. The number of nitrogens with one attached hydrogen (secondary N) is 1. The van der Waals surface area contributed by atoms with Gasteiger partial charge in [-0.3, -0.25) is 0 Å². The van der Waals surface area contributed by atoms with Crippen LogP contribution in [-0.4, -0.2) is 25.2 Å². The monoisotopic (exact) mass is 285 g/mol. The summed E-state index contributed by atoms with van der Waals surface area (Å²) in [6, 6.07) is 12.1. The highest BCUT2D eigenvalue weighted by molar-refractivity contribution is 5.49. The van der Waals surface area contributed by atoms with Gasteiger partial charge in [-0.2, -0.15) is 0 Å². The fourth-order valence-electron chi connectivity index (χ4n) is 1.97. The number of hydrogen-bond acceptors (Lipinski definition) is 4. The standard InChI is InChI=1S/C17H23N3O/c1-13(2)21-16-8-6-5-7-14(16)11-18-15-9-10-17(19-12-15)20(3)4/h5-10,12-13,18H,11H2,1-4H3. The van der Waals surface area contributed by atoms with E-state index < -0.39 is 0 Å². The van der Waals surface area contributed by atoms with E-state index in [9.17, 15) is 0 Å². The third-order valence-electron chi connectivity index (χ3n) is 3.02. The largest absolute Gasteiger partial charge is 0.491 e. The molecule has 0 radical (unpaired) electrons. The zero-order chi connectivity index (χ0) is 15.2. The second-order valence-electron chi connectivity index (χ2n) is 5.43. The van der Waals surface area contributed by atoms with Gasteiger partial charge in [0, 0.05) is 26.2 Å². The van der Waals surface area contributed by atoms with E-state index in [1.165, 1.54) is 0 Å². The number of nitrogens with zero attached hydrogens (tertiary/aromatic N) is 2. The number of benzene rings is 1. The van der Waals surface area contributed by atoms with Gasteiger partial charge in [0.15, 0.2) is 0 Å². The van der Waals surface area contributed by atoms with Gasteiger partial charge in [0.05, 0.1) is 18.0 Å². The van der Waals surface area contributed by atoms with Crippen LogP contribution in [0.1, 0.15) is 19.4 Å². The maximum Gasteiger partial charge on any atom is 0.128 e. The molecule has 4 heteroatoms. The first kappa shape index (κ1) is 15.2. The first-order chi connectivity index (χ1) is 10.1. The quantitative estimate of drug-likeness (QED) is 0.881. The van der Waals surface area contributed by atoms with Crippen LogP contribution in [0.5, 0.6) is 5.75 Å². The fourth-order valence-corrected chi connectivity index (χ4v) is 1.97. The van der Waals surface area contributed by atoms with E-state index in [4.69, 9.17) is 4.74 Å². The van der Waals surface area contributed by atoms with Crippen LogP contribution in [0, 0.1) is 0 Å². The smallest absolute Gasteiger partial charge is 0.128 e. The van der Waals surface area contributed by atoms with Crippen LogP contribution >= 0.6 is 0 Å². The summed E-state index contributed by atoms with van der Waals surface area (Å²) < 4.78 is 5.82. The Morgan fingerprint density at radius 3 is 2.52 bits per heavy atom. The number of ether oxygens (including phenoxy) is 1. The summed E-state index contributed by atoms with van der Waals surface area (Å²) in [6.45, 7) is 4.79. The molecule has 2 rings (SSSR count). The molecule has 0 aliphatic rings. The van der Waals surface area contributed by atoms with E-state index >= 15 is 0 Å². The van der Waals surface area contributed by atoms with E-state index in [0.29, 0.717) is 6.54 Å². The Hall–Kier alpha value is -2.23. The summed E-state index contributed by atoms with van der Waals surface area (Å²) >= 11 is 0. The third-order valence-corrected chi connectivity index (χ3v) is 3.02. The topological polar surface area (TPSA) is 37.4 Å². The molecule has 0 aliphatic carbocycles. The van der Waals surface area contributed by atoms with E-state index in [0.717, 1.165) is 22.8 Å². The maximum absolute atomic E-state index is 5.82. The lowest BCUT2D eigenvalue weighted by molar-refractivity contribution is 0.240. The van der Waals surface area contributed by atoms with E-state index in [-0.39, 0.29) is 6.10 Å². The Kier molecular flexibility index (Phi) is 5.04. The molecule has 0 aliphatic heterocycles. The Morgan fingerprint density at radius 1 is 1.14 bits per heavy atom. The fraction of sp³-hybridized carbons (Fsp3) is 0.353. The highest BCUT2D eigenvalue weighted by Gasteiger charge is 2.05. The van der Waals surface area contributed by atoms with Crippen molar-refractivity contribution >= 4 is 11.5 Å². The number of para-hydroxylation sites is 1. The molecule has 0 amide bonds. The Morgan fingerprint density at radius 2 is 1.90 bits per heavy atom. The van der Waals surface area contributed by atoms with Crippen molar-refractivity contribution < 1.29 is 4.74 Å². The highest BCUT2D eigenvalue weighted by atomic mass is 16.5. The average molecular weight is 285 g/mol. The molecule has 1 aromatic heterocycles. The molecule has 0 saturated carbocycles. The predicted molar refractivity (Wildman–Crippen MR) is 88.1 cm³/mol. The summed E-state index contributed by atoms with van der Waals surface area (Å²) in [5.41, 5.74) is 2.14. The van der Waals surface area contributed by atoms with Crippen molar-refractivity contribution in [3.8, 4) is 5.75 Å². The van der Waals surface area contributed by atoms with E-state index in [1.54, 1.807) is 0 Å². The summed E-state index contributed by atoms with van der Waals surface area (Å²) in [6.07, 6.45) is 2.02. The molecule has 0 bridgehead atoms. The minimum Gasteiger partial charge on any atom is -0.491 e. The molecule has 1 N–H and O–H groups in total. The molecule has 112 valence electrons. The number of pyridine rings is 1. The lowest BCUT2D eigenvalue weighted by Crippen LogP contribution is -2.11. The molecule has 21 heavy (non-hydrogen) atoms. The molecule has 0 spiro atoms. The summed E-state index contributed by atoms with van der Waals surface area (Å²) in [5.74, 6) is 1.88. The van der Waals surface area contributed by atoms with Crippen molar-refractivity contribution in [1.82, 2.24) is 4.98 Å². The van der Waals surface area contributed by atoms with Crippen LogP contribution < -0.4 is 15.0 Å². The van der Waals surface area contributed by atoms with E-state index in [2.05, 4.69) is 16.4 Å². The van der Waals surface area contributed by atoms with Crippen molar-refractivity contribution in [1.29, 1.82) is 0 Å². The first-order valence-corrected chi connectivity index (χ1v) is 7.18. The predicted octanol–water partition coefficient (Wildman–Crippen LogP) is 3.55. The summed E-state index contributed by atoms with van der Waals surface area (Å²) in [4.78, 5) is 6.38. The third kappa shape index (κ3) is 4.38. The average Bonchev–Trinajstić information content (AvgIpc) is 2.46. The second kappa shape index (κ2) is 6.97. The zero-order valence-electron chi connectivity index (χ0n) is 13.1. The molecule has 0 unspecified atom stereocenters. The highest BCUT2D eigenvalue weighted by Crippen LogP contribution is 2.21.